The lowest BCUT2D eigenvalue weighted by molar-refractivity contribution is 0.660. The lowest BCUT2D eigenvalue weighted by atomic mass is 9.82. The minimum Gasteiger partial charge on any atom is -0.278 e. The maximum absolute atomic E-state index is 5.36. The van der Waals surface area contributed by atoms with Crippen LogP contribution in [0.5, 0.6) is 0 Å². The standard InChI is InChI=1S/C48H33N5/c1-48(2)39-20-10-6-16-33(39)34-26-24-32(29-40(34)48)45-49-46(52-41-21-11-7-17-35(41)36-18-8-12-22-42(36)52)51-47(50-45)53-43-23-13-9-19-37(43)38-28-31(25-27-44(38)53)30-14-4-3-5-15-30/h3-29H,1-2H3. The first kappa shape index (κ1) is 29.8. The third-order valence-electron chi connectivity index (χ3n) is 11.2. The molecule has 3 aromatic heterocycles. The van der Waals surface area contributed by atoms with E-state index in [0.29, 0.717) is 17.7 Å². The van der Waals surface area contributed by atoms with Crippen LogP contribution in [-0.4, -0.2) is 24.1 Å². The minimum atomic E-state index is -0.156. The first-order valence-corrected chi connectivity index (χ1v) is 18.1. The van der Waals surface area contributed by atoms with Gasteiger partial charge < -0.3 is 0 Å². The molecule has 5 nitrogen and oxygen atoms in total. The molecule has 250 valence electrons. The van der Waals surface area contributed by atoms with Crippen molar-refractivity contribution in [2.75, 3.05) is 0 Å². The second-order valence-electron chi connectivity index (χ2n) is 14.5. The number of hydrogen-bond acceptors (Lipinski definition) is 3. The van der Waals surface area contributed by atoms with Crippen LogP contribution in [-0.2, 0) is 5.41 Å². The lowest BCUT2D eigenvalue weighted by Gasteiger charge is -2.21. The van der Waals surface area contributed by atoms with E-state index >= 15 is 0 Å². The van der Waals surface area contributed by atoms with Crippen LogP contribution in [0.3, 0.4) is 0 Å². The average Bonchev–Trinajstić information content (AvgIpc) is 3.81. The van der Waals surface area contributed by atoms with E-state index in [1.807, 2.05) is 0 Å². The molecule has 7 aromatic carbocycles. The number of rotatable bonds is 4. The summed E-state index contributed by atoms with van der Waals surface area (Å²) in [5.41, 5.74) is 12.5. The molecule has 10 aromatic rings. The van der Waals surface area contributed by atoms with Crippen molar-refractivity contribution in [2.24, 2.45) is 0 Å². The summed E-state index contributed by atoms with van der Waals surface area (Å²) in [4.78, 5) is 16.0. The van der Waals surface area contributed by atoms with E-state index < -0.39 is 0 Å². The van der Waals surface area contributed by atoms with Crippen LogP contribution in [0.1, 0.15) is 25.0 Å². The van der Waals surface area contributed by atoms with E-state index in [1.165, 1.54) is 33.4 Å². The Kier molecular flexibility index (Phi) is 6.23. The molecule has 5 heteroatoms. The molecule has 0 N–H and O–H groups in total. The number of hydrogen-bond donors (Lipinski definition) is 0. The topological polar surface area (TPSA) is 48.5 Å². The highest BCUT2D eigenvalue weighted by Gasteiger charge is 2.35. The van der Waals surface area contributed by atoms with E-state index in [-0.39, 0.29) is 5.41 Å². The van der Waals surface area contributed by atoms with Gasteiger partial charge in [0.1, 0.15) is 0 Å². The highest BCUT2D eigenvalue weighted by Crippen LogP contribution is 2.49. The summed E-state index contributed by atoms with van der Waals surface area (Å²) >= 11 is 0. The van der Waals surface area contributed by atoms with E-state index in [1.54, 1.807) is 0 Å². The van der Waals surface area contributed by atoms with Gasteiger partial charge in [-0.2, -0.15) is 15.0 Å². The first-order valence-electron chi connectivity index (χ1n) is 18.1. The Bertz CT molecular complexity index is 3040. The van der Waals surface area contributed by atoms with Crippen LogP contribution in [0, 0.1) is 0 Å². The number of benzene rings is 7. The van der Waals surface area contributed by atoms with Gasteiger partial charge in [-0.25, -0.2) is 0 Å². The van der Waals surface area contributed by atoms with Crippen molar-refractivity contribution >= 4 is 43.6 Å². The predicted octanol–water partition coefficient (Wildman–Crippen LogP) is 11.7. The summed E-state index contributed by atoms with van der Waals surface area (Å²) in [5, 5.41) is 4.63. The number of fused-ring (bicyclic) bond motifs is 9. The van der Waals surface area contributed by atoms with Crippen molar-refractivity contribution in [1.82, 2.24) is 24.1 Å². The van der Waals surface area contributed by atoms with Gasteiger partial charge in [0.05, 0.1) is 22.1 Å². The molecule has 53 heavy (non-hydrogen) atoms. The lowest BCUT2D eigenvalue weighted by Crippen LogP contribution is -2.15. The molecule has 0 radical (unpaired) electrons. The summed E-state index contributed by atoms with van der Waals surface area (Å²) in [6, 6.07) is 58.3. The Morgan fingerprint density at radius 3 is 1.55 bits per heavy atom. The molecule has 0 spiro atoms. The van der Waals surface area contributed by atoms with Gasteiger partial charge in [0.2, 0.25) is 11.9 Å². The molecule has 0 aliphatic heterocycles. The van der Waals surface area contributed by atoms with Crippen LogP contribution in [0.25, 0.3) is 89.2 Å². The molecule has 0 amide bonds. The molecule has 1 aliphatic carbocycles. The van der Waals surface area contributed by atoms with Gasteiger partial charge in [-0.1, -0.05) is 141 Å². The predicted molar refractivity (Wildman–Crippen MR) is 217 cm³/mol. The molecule has 3 heterocycles. The zero-order valence-electron chi connectivity index (χ0n) is 29.3. The maximum Gasteiger partial charge on any atom is 0.240 e. The van der Waals surface area contributed by atoms with E-state index in [4.69, 9.17) is 15.0 Å². The number of para-hydroxylation sites is 3. The van der Waals surface area contributed by atoms with Gasteiger partial charge in [0, 0.05) is 32.5 Å². The molecule has 0 bridgehead atoms. The second-order valence-corrected chi connectivity index (χ2v) is 14.5. The monoisotopic (exact) mass is 679 g/mol. The molecular weight excluding hydrogens is 647 g/mol. The normalized spacial score (nSPS) is 13.2. The zero-order chi connectivity index (χ0) is 35.3. The van der Waals surface area contributed by atoms with Crippen LogP contribution < -0.4 is 0 Å². The van der Waals surface area contributed by atoms with Crippen molar-refractivity contribution in [3.05, 3.63) is 175 Å². The summed E-state index contributed by atoms with van der Waals surface area (Å²) in [7, 11) is 0. The van der Waals surface area contributed by atoms with Gasteiger partial charge >= 0.3 is 0 Å². The summed E-state index contributed by atoms with van der Waals surface area (Å²) in [5.74, 6) is 1.79. The highest BCUT2D eigenvalue weighted by atomic mass is 15.3. The van der Waals surface area contributed by atoms with E-state index in [0.717, 1.165) is 49.2 Å². The molecule has 0 saturated carbocycles. The fraction of sp³-hybridized carbons (Fsp3) is 0.0625. The van der Waals surface area contributed by atoms with Crippen LogP contribution >= 0.6 is 0 Å². The first-order chi connectivity index (χ1) is 26.0. The number of nitrogens with zero attached hydrogens (tertiary/aromatic N) is 5. The van der Waals surface area contributed by atoms with Gasteiger partial charge in [-0.05, 0) is 69.8 Å². The Morgan fingerprint density at radius 1 is 0.377 bits per heavy atom. The molecule has 11 rings (SSSR count). The quantitative estimate of drug-likeness (QED) is 0.186. The Labute approximate surface area is 306 Å². The van der Waals surface area contributed by atoms with Crippen LogP contribution in [0.2, 0.25) is 0 Å². The fourth-order valence-corrected chi connectivity index (χ4v) is 8.66. The van der Waals surface area contributed by atoms with Crippen molar-refractivity contribution in [3.63, 3.8) is 0 Å². The molecule has 0 unspecified atom stereocenters. The van der Waals surface area contributed by atoms with Crippen molar-refractivity contribution < 1.29 is 0 Å². The zero-order valence-corrected chi connectivity index (χ0v) is 29.3. The van der Waals surface area contributed by atoms with Gasteiger partial charge in [0.15, 0.2) is 5.82 Å². The summed E-state index contributed by atoms with van der Waals surface area (Å²) < 4.78 is 4.39. The van der Waals surface area contributed by atoms with Crippen molar-refractivity contribution in [3.8, 4) is 45.5 Å². The Morgan fingerprint density at radius 2 is 0.887 bits per heavy atom. The van der Waals surface area contributed by atoms with Gasteiger partial charge in [-0.15, -0.1) is 0 Å². The Balaban J connectivity index is 1.20. The molecule has 0 saturated heterocycles. The largest absolute Gasteiger partial charge is 0.278 e. The van der Waals surface area contributed by atoms with Crippen LogP contribution in [0.4, 0.5) is 0 Å². The minimum absolute atomic E-state index is 0.156. The third kappa shape index (κ3) is 4.34. The third-order valence-corrected chi connectivity index (χ3v) is 11.2. The SMILES string of the molecule is CC1(C)c2ccccc2-c2ccc(-c3nc(-n4c5ccccc5c5ccccc54)nc(-n4c5ccccc5c5cc(-c6ccccc6)ccc54)n3)cc21. The summed E-state index contributed by atoms with van der Waals surface area (Å²) in [6.07, 6.45) is 0. The smallest absolute Gasteiger partial charge is 0.240 e. The Hall–Kier alpha value is -6.85. The van der Waals surface area contributed by atoms with Crippen molar-refractivity contribution in [1.29, 1.82) is 0 Å². The van der Waals surface area contributed by atoms with E-state index in [9.17, 15) is 0 Å². The van der Waals surface area contributed by atoms with E-state index in [2.05, 4.69) is 187 Å². The molecule has 0 atom stereocenters. The van der Waals surface area contributed by atoms with Crippen molar-refractivity contribution in [2.45, 2.75) is 19.3 Å². The average molecular weight is 680 g/mol. The fourth-order valence-electron chi connectivity index (χ4n) is 8.66. The van der Waals surface area contributed by atoms with Crippen LogP contribution in [0.15, 0.2) is 164 Å². The molecular formula is C48H33N5. The number of aromatic nitrogens is 5. The molecule has 1 aliphatic rings. The van der Waals surface area contributed by atoms with Gasteiger partial charge in [0.25, 0.3) is 0 Å². The second kappa shape index (κ2) is 11.1. The summed E-state index contributed by atoms with van der Waals surface area (Å²) in [6.45, 7) is 4.62. The van der Waals surface area contributed by atoms with Gasteiger partial charge in [-0.3, -0.25) is 9.13 Å². The maximum atomic E-state index is 5.36. The molecule has 0 fully saturated rings. The highest BCUT2D eigenvalue weighted by molar-refractivity contribution is 6.11.